The van der Waals surface area contributed by atoms with Gasteiger partial charge in [0.2, 0.25) is 11.8 Å². The van der Waals surface area contributed by atoms with E-state index in [1.54, 1.807) is 0 Å². The fourth-order valence-electron chi connectivity index (χ4n) is 4.41. The minimum atomic E-state index is -0.503. The van der Waals surface area contributed by atoms with Crippen molar-refractivity contribution in [3.05, 3.63) is 11.6 Å². The van der Waals surface area contributed by atoms with Crippen molar-refractivity contribution < 1.29 is 18.7 Å². The minimum Gasteiger partial charge on any atom is -0.444 e. The quantitative estimate of drug-likeness (QED) is 0.721. The third-order valence-electron chi connectivity index (χ3n) is 6.01. The Kier molecular flexibility index (Phi) is 5.77. The van der Waals surface area contributed by atoms with Crippen molar-refractivity contribution in [3.63, 3.8) is 0 Å². The number of amides is 1. The molecular formula is C23H32N6O4. The number of hydrogen-bond donors (Lipinski definition) is 2. The summed E-state index contributed by atoms with van der Waals surface area (Å²) in [7, 11) is 0. The van der Waals surface area contributed by atoms with Crippen LogP contribution in [0.4, 0.5) is 22.4 Å². The number of aromatic nitrogens is 2. The number of morpholine rings is 1. The normalized spacial score (nSPS) is 19.4. The molecule has 10 heteroatoms. The Labute approximate surface area is 193 Å². The molecular weight excluding hydrogens is 424 g/mol. The first kappa shape index (κ1) is 21.8. The van der Waals surface area contributed by atoms with Crippen LogP contribution in [0.15, 0.2) is 10.5 Å². The van der Waals surface area contributed by atoms with E-state index in [4.69, 9.17) is 23.9 Å². The van der Waals surface area contributed by atoms with Gasteiger partial charge in [-0.2, -0.15) is 4.98 Å². The zero-order chi connectivity index (χ0) is 23.0. The molecule has 3 aliphatic heterocycles. The predicted molar refractivity (Wildman–Crippen MR) is 127 cm³/mol. The molecule has 0 radical (unpaired) electrons. The molecule has 0 aliphatic carbocycles. The zero-order valence-corrected chi connectivity index (χ0v) is 19.5. The second-order valence-electron chi connectivity index (χ2n) is 9.66. The number of fused-ring (bicyclic) bond motifs is 3. The number of ether oxygens (including phenoxy) is 2. The number of rotatable bonds is 3. The second kappa shape index (κ2) is 8.74. The number of furan rings is 1. The van der Waals surface area contributed by atoms with E-state index in [1.807, 2.05) is 20.8 Å². The fourth-order valence-corrected chi connectivity index (χ4v) is 4.41. The molecule has 2 aromatic heterocycles. The van der Waals surface area contributed by atoms with Gasteiger partial charge in [0.25, 0.3) is 0 Å². The van der Waals surface area contributed by atoms with Crippen LogP contribution in [-0.4, -0.2) is 73.6 Å². The first-order valence-electron chi connectivity index (χ1n) is 11.7. The molecule has 0 bridgehead atoms. The first-order valence-corrected chi connectivity index (χ1v) is 11.7. The van der Waals surface area contributed by atoms with E-state index in [-0.39, 0.29) is 12.1 Å². The molecule has 5 rings (SSSR count). The number of alkyl carbamates (subject to hydrolysis) is 1. The Bertz CT molecular complexity index is 1050. The molecule has 2 fully saturated rings. The summed E-state index contributed by atoms with van der Waals surface area (Å²) in [6, 6.07) is 0.0763. The SMILES string of the molecule is CC(C)(C)OC(=O)NC1CCN(c2nc(N3CCOCC3)c3oc4c(c3n2)C=CCN4)CC1. The highest BCUT2D eigenvalue weighted by molar-refractivity contribution is 5.96. The highest BCUT2D eigenvalue weighted by Crippen LogP contribution is 2.38. The first-order chi connectivity index (χ1) is 15.9. The van der Waals surface area contributed by atoms with Gasteiger partial charge in [-0.15, -0.1) is 0 Å². The molecule has 2 N–H and O–H groups in total. The minimum absolute atomic E-state index is 0.0763. The van der Waals surface area contributed by atoms with Crippen LogP contribution >= 0.6 is 0 Å². The highest BCUT2D eigenvalue weighted by Gasteiger charge is 2.29. The van der Waals surface area contributed by atoms with Crippen LogP contribution in [0, 0.1) is 0 Å². The zero-order valence-electron chi connectivity index (χ0n) is 19.5. The molecule has 0 aromatic carbocycles. The van der Waals surface area contributed by atoms with E-state index in [0.717, 1.165) is 68.3 Å². The second-order valence-corrected chi connectivity index (χ2v) is 9.66. The molecule has 0 saturated carbocycles. The highest BCUT2D eigenvalue weighted by atomic mass is 16.6. The molecule has 0 atom stereocenters. The van der Waals surface area contributed by atoms with E-state index in [9.17, 15) is 4.79 Å². The Morgan fingerprint density at radius 3 is 2.64 bits per heavy atom. The van der Waals surface area contributed by atoms with Gasteiger partial charge in [-0.05, 0) is 39.7 Å². The molecule has 2 aromatic rings. The van der Waals surface area contributed by atoms with Crippen LogP contribution in [0.5, 0.6) is 0 Å². The van der Waals surface area contributed by atoms with E-state index >= 15 is 0 Å². The van der Waals surface area contributed by atoms with Gasteiger partial charge in [0, 0.05) is 38.8 Å². The summed E-state index contributed by atoms with van der Waals surface area (Å²) < 4.78 is 17.1. The van der Waals surface area contributed by atoms with Gasteiger partial charge >= 0.3 is 6.09 Å². The van der Waals surface area contributed by atoms with Crippen molar-refractivity contribution in [2.75, 3.05) is 61.1 Å². The summed E-state index contributed by atoms with van der Waals surface area (Å²) >= 11 is 0. The Balaban J connectivity index is 1.37. The monoisotopic (exact) mass is 456 g/mol. The average molecular weight is 457 g/mol. The number of piperidine rings is 1. The number of nitrogens with zero attached hydrogens (tertiary/aromatic N) is 4. The van der Waals surface area contributed by atoms with Gasteiger partial charge in [-0.25, -0.2) is 9.78 Å². The third-order valence-corrected chi connectivity index (χ3v) is 6.01. The fraction of sp³-hybridized carbons (Fsp3) is 0.609. The molecule has 5 heterocycles. The Hall–Kier alpha value is -3.01. The molecule has 33 heavy (non-hydrogen) atoms. The molecule has 0 spiro atoms. The summed E-state index contributed by atoms with van der Waals surface area (Å²) in [5.74, 6) is 2.26. The smallest absolute Gasteiger partial charge is 0.407 e. The third kappa shape index (κ3) is 4.71. The molecule has 178 valence electrons. The number of anilines is 3. The lowest BCUT2D eigenvalue weighted by Crippen LogP contribution is -2.46. The van der Waals surface area contributed by atoms with Gasteiger partial charge < -0.3 is 34.3 Å². The van der Waals surface area contributed by atoms with Gasteiger partial charge in [0.1, 0.15) is 11.1 Å². The summed E-state index contributed by atoms with van der Waals surface area (Å²) in [6.07, 6.45) is 5.38. The molecule has 3 aliphatic rings. The molecule has 1 amide bonds. The summed E-state index contributed by atoms with van der Waals surface area (Å²) in [4.78, 5) is 26.4. The van der Waals surface area contributed by atoms with Crippen LogP contribution in [0.1, 0.15) is 39.2 Å². The number of carbonyl (C=O) groups is 1. The van der Waals surface area contributed by atoms with Gasteiger partial charge in [-0.1, -0.05) is 6.08 Å². The summed E-state index contributed by atoms with van der Waals surface area (Å²) in [6.45, 7) is 10.7. The van der Waals surface area contributed by atoms with E-state index in [2.05, 4.69) is 32.6 Å². The Morgan fingerprint density at radius 1 is 1.15 bits per heavy atom. The lowest BCUT2D eigenvalue weighted by atomic mass is 10.1. The maximum Gasteiger partial charge on any atom is 0.407 e. The summed E-state index contributed by atoms with van der Waals surface area (Å²) in [5.41, 5.74) is 2.01. The molecule has 2 saturated heterocycles. The standard InChI is InChI=1S/C23H32N6O4/c1-23(2,3)33-22(30)25-15-6-9-29(10-7-15)21-26-17-16-5-4-8-24-20(16)32-18(17)19(27-21)28-11-13-31-14-12-28/h4-5,15,24H,6-14H2,1-3H3,(H,25,30). The topological polar surface area (TPSA) is 105 Å². The Morgan fingerprint density at radius 2 is 1.91 bits per heavy atom. The van der Waals surface area contributed by atoms with Crippen molar-refractivity contribution >= 4 is 40.9 Å². The maximum atomic E-state index is 12.1. The largest absolute Gasteiger partial charge is 0.444 e. The molecule has 10 nitrogen and oxygen atoms in total. The lowest BCUT2D eigenvalue weighted by Gasteiger charge is -2.34. The van der Waals surface area contributed by atoms with E-state index in [1.165, 1.54) is 0 Å². The van der Waals surface area contributed by atoms with Crippen LogP contribution in [0.3, 0.4) is 0 Å². The predicted octanol–water partition coefficient (Wildman–Crippen LogP) is 2.99. The van der Waals surface area contributed by atoms with Gasteiger partial charge in [0.05, 0.1) is 18.8 Å². The van der Waals surface area contributed by atoms with Crippen LogP contribution in [0.25, 0.3) is 17.2 Å². The van der Waals surface area contributed by atoms with Crippen molar-refractivity contribution in [2.24, 2.45) is 0 Å². The number of nitrogens with one attached hydrogen (secondary N) is 2. The van der Waals surface area contributed by atoms with Gasteiger partial charge in [0.15, 0.2) is 11.4 Å². The van der Waals surface area contributed by atoms with Crippen LogP contribution in [-0.2, 0) is 9.47 Å². The average Bonchev–Trinajstić information content (AvgIpc) is 3.17. The lowest BCUT2D eigenvalue weighted by molar-refractivity contribution is 0.0497. The number of carbonyl (C=O) groups excluding carboxylic acids is 1. The van der Waals surface area contributed by atoms with Crippen molar-refractivity contribution in [2.45, 2.75) is 45.3 Å². The maximum absolute atomic E-state index is 12.1. The summed E-state index contributed by atoms with van der Waals surface area (Å²) in [5, 5.41) is 6.28. The van der Waals surface area contributed by atoms with E-state index < -0.39 is 5.60 Å². The van der Waals surface area contributed by atoms with Crippen molar-refractivity contribution in [1.29, 1.82) is 0 Å². The van der Waals surface area contributed by atoms with E-state index in [0.29, 0.717) is 24.7 Å². The van der Waals surface area contributed by atoms with Crippen molar-refractivity contribution in [1.82, 2.24) is 15.3 Å². The van der Waals surface area contributed by atoms with Gasteiger partial charge in [-0.3, -0.25) is 0 Å². The van der Waals surface area contributed by atoms with Crippen LogP contribution in [0.2, 0.25) is 0 Å². The van der Waals surface area contributed by atoms with Crippen molar-refractivity contribution in [3.8, 4) is 0 Å². The molecule has 0 unspecified atom stereocenters. The van der Waals surface area contributed by atoms with Crippen LogP contribution < -0.4 is 20.4 Å². The number of hydrogen-bond acceptors (Lipinski definition) is 9.